The lowest BCUT2D eigenvalue weighted by molar-refractivity contribution is -0.192. The average molecular weight is 186 g/mol. The smallest absolute Gasteiger partial charge is 0.310 e. The van der Waals surface area contributed by atoms with E-state index in [-0.39, 0.29) is 0 Å². The summed E-state index contributed by atoms with van der Waals surface area (Å²) in [6.07, 6.45) is -4.80. The second-order valence-corrected chi connectivity index (χ2v) is 2.34. The van der Waals surface area contributed by atoms with E-state index in [1.165, 1.54) is 5.48 Å². The number of hydrogen-bond donors (Lipinski definition) is 2. The molecule has 0 bridgehead atoms. The summed E-state index contributed by atoms with van der Waals surface area (Å²) >= 11 is 0. The molecule has 0 saturated heterocycles. The van der Waals surface area contributed by atoms with Crippen LogP contribution in [0.25, 0.3) is 0 Å². The molecule has 0 saturated carbocycles. The van der Waals surface area contributed by atoms with Crippen LogP contribution in [-0.4, -0.2) is 24.7 Å². The predicted molar refractivity (Wildman–Crippen MR) is 33.8 cm³/mol. The zero-order chi connectivity index (χ0) is 9.99. The molecule has 0 fully saturated rings. The molecule has 0 aliphatic heterocycles. The Bertz CT molecular complexity index is 178. The molecule has 3 N–H and O–H groups in total. The van der Waals surface area contributed by atoms with Crippen LogP contribution in [0.15, 0.2) is 0 Å². The van der Waals surface area contributed by atoms with E-state index in [0.717, 1.165) is 7.11 Å². The van der Waals surface area contributed by atoms with Crippen LogP contribution in [0.2, 0.25) is 0 Å². The van der Waals surface area contributed by atoms with Gasteiger partial charge in [0.05, 0.1) is 7.11 Å². The first-order chi connectivity index (χ1) is 5.23. The van der Waals surface area contributed by atoms with Gasteiger partial charge in [-0.3, -0.25) is 9.63 Å². The molecule has 0 aliphatic rings. The summed E-state index contributed by atoms with van der Waals surface area (Å²) in [6, 6.07) is 0. The van der Waals surface area contributed by atoms with Gasteiger partial charge in [0.1, 0.15) is 0 Å². The highest BCUT2D eigenvalue weighted by Gasteiger charge is 2.54. The number of nitrogens with two attached hydrogens (primary N) is 1. The highest BCUT2D eigenvalue weighted by molar-refractivity contribution is 5.85. The molecule has 0 spiro atoms. The third-order valence-electron chi connectivity index (χ3n) is 1.26. The van der Waals surface area contributed by atoms with Crippen LogP contribution in [-0.2, 0) is 9.63 Å². The molecule has 0 aromatic carbocycles. The van der Waals surface area contributed by atoms with E-state index < -0.39 is 17.6 Å². The fourth-order valence-electron chi connectivity index (χ4n) is 0.327. The van der Waals surface area contributed by atoms with Crippen molar-refractivity contribution < 1.29 is 22.8 Å². The van der Waals surface area contributed by atoms with Crippen LogP contribution >= 0.6 is 0 Å². The predicted octanol–water partition coefficient (Wildman–Crippen LogP) is -0.0563. The third kappa shape index (κ3) is 2.08. The number of rotatable bonds is 2. The minimum absolute atomic E-state index is 0.557. The zero-order valence-electron chi connectivity index (χ0n) is 6.53. The Labute approximate surface area is 66.8 Å². The summed E-state index contributed by atoms with van der Waals surface area (Å²) in [5.41, 5.74) is 3.29. The molecular weight excluding hydrogens is 177 g/mol. The van der Waals surface area contributed by atoms with Crippen LogP contribution < -0.4 is 11.2 Å². The second-order valence-electron chi connectivity index (χ2n) is 2.34. The Morgan fingerprint density at radius 3 is 2.17 bits per heavy atom. The number of nitrogens with one attached hydrogen (secondary N) is 1. The molecule has 1 unspecified atom stereocenters. The van der Waals surface area contributed by atoms with E-state index in [2.05, 4.69) is 4.84 Å². The molecule has 1 atom stereocenters. The number of hydrogen-bond acceptors (Lipinski definition) is 3. The van der Waals surface area contributed by atoms with E-state index in [1.54, 1.807) is 0 Å². The molecule has 1 amide bonds. The van der Waals surface area contributed by atoms with Crippen molar-refractivity contribution >= 4 is 5.91 Å². The summed E-state index contributed by atoms with van der Waals surface area (Å²) in [5, 5.41) is 0. The third-order valence-corrected chi connectivity index (χ3v) is 1.26. The SMILES string of the molecule is CONC(=O)C(C)(N)C(F)(F)F. The number of amides is 1. The van der Waals surface area contributed by atoms with E-state index in [1.807, 2.05) is 0 Å². The molecule has 12 heavy (non-hydrogen) atoms. The van der Waals surface area contributed by atoms with Crippen LogP contribution in [0.3, 0.4) is 0 Å². The van der Waals surface area contributed by atoms with Crippen molar-refractivity contribution in [1.82, 2.24) is 5.48 Å². The Morgan fingerprint density at radius 2 is 1.92 bits per heavy atom. The molecule has 72 valence electrons. The molecule has 4 nitrogen and oxygen atoms in total. The minimum atomic E-state index is -4.80. The molecule has 0 aromatic rings. The van der Waals surface area contributed by atoms with Gasteiger partial charge in [-0.15, -0.1) is 0 Å². The highest BCUT2D eigenvalue weighted by atomic mass is 19.4. The maximum Gasteiger partial charge on any atom is 0.415 e. The summed E-state index contributed by atoms with van der Waals surface area (Å²) < 4.78 is 35.9. The van der Waals surface area contributed by atoms with E-state index in [4.69, 9.17) is 5.73 Å². The van der Waals surface area contributed by atoms with Crippen LogP contribution in [0.5, 0.6) is 0 Å². The van der Waals surface area contributed by atoms with Gasteiger partial charge in [-0.05, 0) is 6.92 Å². The first-order valence-electron chi connectivity index (χ1n) is 2.92. The molecule has 7 heteroatoms. The van der Waals surface area contributed by atoms with Crippen molar-refractivity contribution in [2.75, 3.05) is 7.11 Å². The first-order valence-corrected chi connectivity index (χ1v) is 2.92. The van der Waals surface area contributed by atoms with Gasteiger partial charge >= 0.3 is 6.18 Å². The largest absolute Gasteiger partial charge is 0.415 e. The second kappa shape index (κ2) is 3.28. The van der Waals surface area contributed by atoms with Crippen LogP contribution in [0.1, 0.15) is 6.92 Å². The van der Waals surface area contributed by atoms with Gasteiger partial charge in [-0.1, -0.05) is 0 Å². The molecule has 0 aromatic heterocycles. The minimum Gasteiger partial charge on any atom is -0.310 e. The average Bonchev–Trinajstić information content (AvgIpc) is 1.85. The number of alkyl halides is 3. The Morgan fingerprint density at radius 1 is 1.50 bits per heavy atom. The highest BCUT2D eigenvalue weighted by Crippen LogP contribution is 2.27. The zero-order valence-corrected chi connectivity index (χ0v) is 6.53. The topological polar surface area (TPSA) is 64.3 Å². The number of halogens is 3. The maximum absolute atomic E-state index is 12.0. The van der Waals surface area contributed by atoms with Gasteiger partial charge in [-0.25, -0.2) is 5.48 Å². The standard InChI is InChI=1S/C5H9F3N2O2/c1-4(9,5(6,7)8)3(11)10-12-2/h9H2,1-2H3,(H,10,11). The van der Waals surface area contributed by atoms with Gasteiger partial charge in [-0.2, -0.15) is 13.2 Å². The number of carbonyl (C=O) groups excluding carboxylic acids is 1. The quantitative estimate of drug-likeness (QED) is 0.594. The number of hydroxylamine groups is 1. The Kier molecular flexibility index (Phi) is 3.05. The molecular formula is C5H9F3N2O2. The lowest BCUT2D eigenvalue weighted by Crippen LogP contribution is -2.61. The molecule has 0 heterocycles. The van der Waals surface area contributed by atoms with Gasteiger partial charge < -0.3 is 5.73 Å². The van der Waals surface area contributed by atoms with Crippen molar-refractivity contribution in [2.45, 2.75) is 18.6 Å². The van der Waals surface area contributed by atoms with Gasteiger partial charge in [0.25, 0.3) is 5.91 Å². The van der Waals surface area contributed by atoms with E-state index in [9.17, 15) is 18.0 Å². The Hall–Kier alpha value is -0.820. The van der Waals surface area contributed by atoms with Crippen LogP contribution in [0, 0.1) is 0 Å². The summed E-state index contributed by atoms with van der Waals surface area (Å²) in [4.78, 5) is 14.6. The Balaban J connectivity index is 4.50. The first kappa shape index (κ1) is 11.2. The lowest BCUT2D eigenvalue weighted by atomic mass is 10.0. The summed E-state index contributed by atoms with van der Waals surface area (Å²) in [7, 11) is 1.02. The summed E-state index contributed by atoms with van der Waals surface area (Å²) in [5.74, 6) is -1.43. The normalized spacial score (nSPS) is 16.8. The van der Waals surface area contributed by atoms with Gasteiger partial charge in [0.15, 0.2) is 5.54 Å². The van der Waals surface area contributed by atoms with Crippen molar-refractivity contribution in [3.63, 3.8) is 0 Å². The van der Waals surface area contributed by atoms with Crippen molar-refractivity contribution in [1.29, 1.82) is 0 Å². The summed E-state index contributed by atoms with van der Waals surface area (Å²) in [6.45, 7) is 0.557. The van der Waals surface area contributed by atoms with Crippen molar-refractivity contribution in [2.24, 2.45) is 5.73 Å². The van der Waals surface area contributed by atoms with Crippen molar-refractivity contribution in [3.8, 4) is 0 Å². The van der Waals surface area contributed by atoms with E-state index >= 15 is 0 Å². The van der Waals surface area contributed by atoms with Crippen LogP contribution in [0.4, 0.5) is 13.2 Å². The monoisotopic (exact) mass is 186 g/mol. The van der Waals surface area contributed by atoms with Gasteiger partial charge in [0.2, 0.25) is 0 Å². The molecule has 0 rings (SSSR count). The lowest BCUT2D eigenvalue weighted by Gasteiger charge is -2.25. The molecule has 0 radical (unpaired) electrons. The van der Waals surface area contributed by atoms with Crippen molar-refractivity contribution in [3.05, 3.63) is 0 Å². The molecule has 0 aliphatic carbocycles. The fourth-order valence-corrected chi connectivity index (χ4v) is 0.327. The maximum atomic E-state index is 12.0. The number of carbonyl (C=O) groups is 1. The fraction of sp³-hybridized carbons (Fsp3) is 0.800. The van der Waals surface area contributed by atoms with E-state index in [0.29, 0.717) is 6.92 Å². The van der Waals surface area contributed by atoms with Gasteiger partial charge in [0, 0.05) is 0 Å².